The summed E-state index contributed by atoms with van der Waals surface area (Å²) in [6, 6.07) is 18.4. The van der Waals surface area contributed by atoms with E-state index in [4.69, 9.17) is 23.2 Å². The fourth-order valence-electron chi connectivity index (χ4n) is 2.68. The number of hydrogen-bond donors (Lipinski definition) is 2. The quantitative estimate of drug-likeness (QED) is 0.240. The third-order valence-electron chi connectivity index (χ3n) is 4.07. The molecule has 0 heterocycles. The number of hydrogen-bond acceptors (Lipinski definition) is 3. The molecule has 5 nitrogen and oxygen atoms in total. The van der Waals surface area contributed by atoms with Gasteiger partial charge in [-0.25, -0.2) is 0 Å². The maximum absolute atomic E-state index is 12.9. The van der Waals surface area contributed by atoms with Gasteiger partial charge in [0.05, 0.1) is 0 Å². The van der Waals surface area contributed by atoms with Crippen LogP contribution in [0, 0.1) is 0 Å². The van der Waals surface area contributed by atoms with Gasteiger partial charge in [0.25, 0.3) is 11.8 Å². The van der Waals surface area contributed by atoms with Gasteiger partial charge in [0, 0.05) is 21.4 Å². The van der Waals surface area contributed by atoms with E-state index >= 15 is 0 Å². The Morgan fingerprint density at radius 1 is 0.812 bits per heavy atom. The lowest BCUT2D eigenvalue weighted by molar-refractivity contribution is -0.118. The molecule has 0 unspecified atom stereocenters. The zero-order valence-corrected chi connectivity index (χ0v) is 17.8. The van der Waals surface area contributed by atoms with E-state index in [9.17, 15) is 18.4 Å². The first-order valence-corrected chi connectivity index (χ1v) is 9.96. The topological polar surface area (TPSA) is 67.4 Å². The summed E-state index contributed by atoms with van der Waals surface area (Å²) in [5, 5.41) is 6.05. The molecule has 0 bridgehead atoms. The maximum Gasteiger partial charge on any atom is 0.387 e. The van der Waals surface area contributed by atoms with Gasteiger partial charge in [0.15, 0.2) is 0 Å². The number of amides is 2. The Labute approximate surface area is 192 Å². The third-order valence-corrected chi connectivity index (χ3v) is 4.54. The van der Waals surface area contributed by atoms with Crippen molar-refractivity contribution in [2.45, 2.75) is 6.61 Å². The second kappa shape index (κ2) is 10.7. The van der Waals surface area contributed by atoms with Crippen LogP contribution in [0.3, 0.4) is 0 Å². The second-order valence-corrected chi connectivity index (χ2v) is 7.31. The molecule has 0 atom stereocenters. The van der Waals surface area contributed by atoms with Crippen LogP contribution in [0.5, 0.6) is 5.75 Å². The highest BCUT2D eigenvalue weighted by atomic mass is 35.5. The summed E-state index contributed by atoms with van der Waals surface area (Å²) < 4.78 is 29.0. The summed E-state index contributed by atoms with van der Waals surface area (Å²) in [6.07, 6.45) is 1.33. The molecule has 0 spiro atoms. The van der Waals surface area contributed by atoms with Gasteiger partial charge < -0.3 is 15.4 Å². The monoisotopic (exact) mass is 476 g/mol. The molecule has 0 aliphatic heterocycles. The minimum atomic E-state index is -2.96. The van der Waals surface area contributed by atoms with Crippen molar-refractivity contribution in [2.75, 3.05) is 10.6 Å². The Morgan fingerprint density at radius 2 is 1.31 bits per heavy atom. The Bertz CT molecular complexity index is 1090. The van der Waals surface area contributed by atoms with Crippen molar-refractivity contribution in [3.63, 3.8) is 0 Å². The largest absolute Gasteiger partial charge is 0.435 e. The average Bonchev–Trinajstić information content (AvgIpc) is 2.72. The first-order valence-electron chi connectivity index (χ1n) is 9.20. The number of benzene rings is 3. The fourth-order valence-corrected chi connectivity index (χ4v) is 3.06. The van der Waals surface area contributed by atoms with E-state index in [0.717, 1.165) is 0 Å². The highest BCUT2D eigenvalue weighted by molar-refractivity contribution is 6.32. The van der Waals surface area contributed by atoms with Gasteiger partial charge in [0.1, 0.15) is 11.3 Å². The fraction of sp³-hybridized carbons (Fsp3) is 0.0435. The average molecular weight is 477 g/mol. The zero-order valence-electron chi connectivity index (χ0n) is 16.3. The molecule has 0 aromatic heterocycles. The van der Waals surface area contributed by atoms with Gasteiger partial charge in [0.2, 0.25) is 0 Å². The minimum absolute atomic E-state index is 0.0505. The van der Waals surface area contributed by atoms with E-state index in [2.05, 4.69) is 15.4 Å². The number of carbonyl (C=O) groups excluding carboxylic acids is 2. The number of anilines is 2. The van der Waals surface area contributed by atoms with Crippen LogP contribution in [0.15, 0.2) is 78.4 Å². The Morgan fingerprint density at radius 3 is 1.75 bits per heavy atom. The number of halogens is 4. The summed E-state index contributed by atoms with van der Waals surface area (Å²) in [6.45, 7) is -2.96. The standard InChI is InChI=1S/C23H16Cl2F2N2O3/c24-15-3-1-5-17(12-15)28-21(30)20(22(31)29-18-6-2-4-16(25)13-18)11-14-7-9-19(10-8-14)32-23(26)27/h1-13,23H,(H,28,30)(H,29,31). The molecule has 3 aromatic carbocycles. The van der Waals surface area contributed by atoms with Crippen molar-refractivity contribution >= 4 is 52.5 Å². The summed E-state index contributed by atoms with van der Waals surface area (Å²) >= 11 is 11.9. The van der Waals surface area contributed by atoms with Gasteiger partial charge >= 0.3 is 6.61 Å². The number of nitrogens with one attached hydrogen (secondary N) is 2. The molecule has 3 aromatic rings. The summed E-state index contributed by atoms with van der Waals surface area (Å²) in [5.41, 5.74) is 0.978. The van der Waals surface area contributed by atoms with E-state index in [-0.39, 0.29) is 11.3 Å². The molecule has 164 valence electrons. The van der Waals surface area contributed by atoms with Crippen molar-refractivity contribution in [1.29, 1.82) is 0 Å². The Hall–Kier alpha value is -3.42. The van der Waals surface area contributed by atoms with E-state index in [0.29, 0.717) is 27.0 Å². The van der Waals surface area contributed by atoms with Crippen LogP contribution in [0.25, 0.3) is 6.08 Å². The second-order valence-electron chi connectivity index (χ2n) is 6.43. The maximum atomic E-state index is 12.9. The van der Waals surface area contributed by atoms with E-state index in [1.807, 2.05) is 0 Å². The molecule has 9 heteroatoms. The molecule has 3 rings (SSSR count). The predicted octanol–water partition coefficient (Wildman–Crippen LogP) is 6.26. The van der Waals surface area contributed by atoms with Crippen LogP contribution in [0.1, 0.15) is 5.56 Å². The van der Waals surface area contributed by atoms with Crippen LogP contribution < -0.4 is 15.4 Å². The number of alkyl halides is 2. The molecule has 0 aliphatic rings. The van der Waals surface area contributed by atoms with Crippen molar-refractivity contribution in [3.8, 4) is 5.75 Å². The molecule has 0 fully saturated rings. The lowest BCUT2D eigenvalue weighted by atomic mass is 10.1. The lowest BCUT2D eigenvalue weighted by Gasteiger charge is -2.11. The molecular weight excluding hydrogens is 461 g/mol. The molecule has 0 saturated carbocycles. The molecule has 0 aliphatic carbocycles. The Kier molecular flexibility index (Phi) is 7.81. The molecule has 2 amide bonds. The zero-order chi connectivity index (χ0) is 23.1. The van der Waals surface area contributed by atoms with E-state index in [1.54, 1.807) is 36.4 Å². The van der Waals surface area contributed by atoms with Crippen LogP contribution in [0.4, 0.5) is 20.2 Å². The minimum Gasteiger partial charge on any atom is -0.435 e. The van der Waals surface area contributed by atoms with Crippen molar-refractivity contribution in [1.82, 2.24) is 0 Å². The van der Waals surface area contributed by atoms with Crippen LogP contribution in [-0.4, -0.2) is 18.4 Å². The Balaban J connectivity index is 1.89. The molecular formula is C23H16Cl2F2N2O3. The van der Waals surface area contributed by atoms with Crippen LogP contribution in [0.2, 0.25) is 10.0 Å². The highest BCUT2D eigenvalue weighted by Crippen LogP contribution is 2.21. The molecule has 32 heavy (non-hydrogen) atoms. The smallest absolute Gasteiger partial charge is 0.387 e. The SMILES string of the molecule is O=C(Nc1cccc(Cl)c1)C(=Cc1ccc(OC(F)F)cc1)C(=O)Nc1cccc(Cl)c1. The van der Waals surface area contributed by atoms with Gasteiger partial charge in [-0.2, -0.15) is 8.78 Å². The van der Waals surface area contributed by atoms with Crippen LogP contribution >= 0.6 is 23.2 Å². The molecule has 2 N–H and O–H groups in total. The number of carbonyl (C=O) groups is 2. The number of rotatable bonds is 7. The highest BCUT2D eigenvalue weighted by Gasteiger charge is 2.19. The predicted molar refractivity (Wildman–Crippen MR) is 121 cm³/mol. The first-order chi connectivity index (χ1) is 15.3. The molecule has 0 saturated heterocycles. The third kappa shape index (κ3) is 6.80. The van der Waals surface area contributed by atoms with Crippen LogP contribution in [-0.2, 0) is 9.59 Å². The molecule has 0 radical (unpaired) electrons. The van der Waals surface area contributed by atoms with Crippen molar-refractivity contribution in [2.24, 2.45) is 0 Å². The lowest BCUT2D eigenvalue weighted by Crippen LogP contribution is -2.25. The van der Waals surface area contributed by atoms with E-state index in [1.165, 1.54) is 42.5 Å². The summed E-state index contributed by atoms with van der Waals surface area (Å²) in [5.74, 6) is -1.44. The normalized spacial score (nSPS) is 10.4. The summed E-state index contributed by atoms with van der Waals surface area (Å²) in [7, 11) is 0. The van der Waals surface area contributed by atoms with E-state index < -0.39 is 18.4 Å². The number of ether oxygens (including phenoxy) is 1. The van der Waals surface area contributed by atoms with Gasteiger partial charge in [-0.3, -0.25) is 9.59 Å². The van der Waals surface area contributed by atoms with Crippen molar-refractivity contribution < 1.29 is 23.1 Å². The van der Waals surface area contributed by atoms with Gasteiger partial charge in [-0.1, -0.05) is 47.5 Å². The first kappa shape index (κ1) is 23.2. The van der Waals surface area contributed by atoms with Gasteiger partial charge in [-0.15, -0.1) is 0 Å². The summed E-state index contributed by atoms with van der Waals surface area (Å²) in [4.78, 5) is 25.8. The van der Waals surface area contributed by atoms with Crippen molar-refractivity contribution in [3.05, 3.63) is 94.0 Å². The van der Waals surface area contributed by atoms with Gasteiger partial charge in [-0.05, 0) is 60.2 Å².